The normalized spacial score (nSPS) is 11.1. The monoisotopic (exact) mass is 416 g/mol. The van der Waals surface area contributed by atoms with Crippen LogP contribution >= 0.6 is 23.3 Å². The molecular weight excluding hydrogens is 403 g/mol. The van der Waals surface area contributed by atoms with Crippen molar-refractivity contribution in [2.45, 2.75) is 13.1 Å². The van der Waals surface area contributed by atoms with Gasteiger partial charge in [0.1, 0.15) is 16.9 Å². The van der Waals surface area contributed by atoms with Gasteiger partial charge in [-0.25, -0.2) is 9.07 Å². The molecule has 7 nitrogen and oxygen atoms in total. The van der Waals surface area contributed by atoms with Crippen LogP contribution in [-0.4, -0.2) is 41.6 Å². The van der Waals surface area contributed by atoms with Crippen LogP contribution in [0.25, 0.3) is 11.0 Å². The van der Waals surface area contributed by atoms with Gasteiger partial charge in [-0.3, -0.25) is 4.79 Å². The summed E-state index contributed by atoms with van der Waals surface area (Å²) in [7, 11) is 1.70. The summed E-state index contributed by atoms with van der Waals surface area (Å²) < 4.78 is 23.0. The maximum atomic E-state index is 13.2. The third kappa shape index (κ3) is 3.85. The van der Waals surface area contributed by atoms with Crippen LogP contribution in [0.1, 0.15) is 21.6 Å². The van der Waals surface area contributed by atoms with Crippen LogP contribution in [-0.2, 0) is 13.1 Å². The molecule has 2 heterocycles. The molecule has 0 spiro atoms. The lowest BCUT2D eigenvalue weighted by atomic mass is 10.2. The molecule has 0 aliphatic heterocycles. The Bertz CT molecular complexity index is 1160. The molecule has 10 heteroatoms. The third-order valence-electron chi connectivity index (χ3n) is 4.19. The van der Waals surface area contributed by atoms with Gasteiger partial charge in [-0.05, 0) is 35.4 Å². The average molecular weight is 417 g/mol. The van der Waals surface area contributed by atoms with Gasteiger partial charge in [0.15, 0.2) is 5.69 Å². The number of hydrogen-bond donors (Lipinski definition) is 0. The Kier molecular flexibility index (Phi) is 5.01. The second-order valence-corrected chi connectivity index (χ2v) is 7.22. The fourth-order valence-electron chi connectivity index (χ4n) is 2.77. The minimum atomic E-state index is -0.406. The van der Waals surface area contributed by atoms with Gasteiger partial charge in [0.05, 0.1) is 24.5 Å². The highest BCUT2D eigenvalue weighted by atomic mass is 35.5. The number of aromatic nitrogens is 5. The van der Waals surface area contributed by atoms with E-state index in [0.29, 0.717) is 17.1 Å². The van der Waals surface area contributed by atoms with E-state index in [4.69, 9.17) is 11.6 Å². The Labute approximate surface area is 168 Å². The van der Waals surface area contributed by atoms with E-state index in [-0.39, 0.29) is 18.1 Å². The van der Waals surface area contributed by atoms with Gasteiger partial charge >= 0.3 is 0 Å². The van der Waals surface area contributed by atoms with Gasteiger partial charge in [0.2, 0.25) is 0 Å². The maximum absolute atomic E-state index is 13.2. The molecule has 0 bridgehead atoms. The number of carbonyl (C=O) groups is 1. The largest absolute Gasteiger partial charge is 0.336 e. The van der Waals surface area contributed by atoms with Crippen molar-refractivity contribution in [2.24, 2.45) is 0 Å². The van der Waals surface area contributed by atoms with E-state index in [1.807, 2.05) is 18.2 Å². The lowest BCUT2D eigenvalue weighted by Gasteiger charge is -2.15. The number of nitrogens with zero attached hydrogens (tertiary/aromatic N) is 6. The summed E-state index contributed by atoms with van der Waals surface area (Å²) in [5.41, 5.74) is 3.50. The van der Waals surface area contributed by atoms with Gasteiger partial charge in [-0.15, -0.1) is 5.10 Å². The Morgan fingerprint density at radius 2 is 2.04 bits per heavy atom. The Balaban J connectivity index is 1.45. The van der Waals surface area contributed by atoms with Crippen LogP contribution in [0, 0.1) is 5.82 Å². The van der Waals surface area contributed by atoms with Gasteiger partial charge in [0, 0.05) is 18.6 Å². The Hall–Kier alpha value is -2.91. The minimum absolute atomic E-state index is 0.220. The predicted molar refractivity (Wildman–Crippen MR) is 104 cm³/mol. The van der Waals surface area contributed by atoms with Crippen molar-refractivity contribution in [3.05, 3.63) is 70.3 Å². The number of rotatable bonds is 5. The van der Waals surface area contributed by atoms with Crippen molar-refractivity contribution in [1.29, 1.82) is 0 Å². The molecule has 28 heavy (non-hydrogen) atoms. The van der Waals surface area contributed by atoms with E-state index in [9.17, 15) is 9.18 Å². The topological polar surface area (TPSA) is 76.8 Å². The number of amides is 1. The molecule has 0 N–H and O–H groups in total. The first kappa shape index (κ1) is 18.5. The minimum Gasteiger partial charge on any atom is -0.336 e. The molecule has 2 aromatic heterocycles. The van der Waals surface area contributed by atoms with Gasteiger partial charge in [0.25, 0.3) is 5.91 Å². The molecule has 0 saturated heterocycles. The van der Waals surface area contributed by atoms with Crippen LogP contribution in [0.2, 0.25) is 5.02 Å². The molecule has 4 rings (SSSR count). The van der Waals surface area contributed by atoms with Crippen molar-refractivity contribution in [1.82, 2.24) is 28.6 Å². The van der Waals surface area contributed by atoms with Crippen LogP contribution in [0.3, 0.4) is 0 Å². The maximum Gasteiger partial charge on any atom is 0.276 e. The summed E-state index contributed by atoms with van der Waals surface area (Å²) in [6.07, 6.45) is 1.55. The third-order valence-corrected chi connectivity index (χ3v) is 5.10. The molecule has 0 aliphatic rings. The van der Waals surface area contributed by atoms with Crippen molar-refractivity contribution < 1.29 is 9.18 Å². The summed E-state index contributed by atoms with van der Waals surface area (Å²) in [4.78, 5) is 14.2. The van der Waals surface area contributed by atoms with E-state index >= 15 is 0 Å². The first-order valence-corrected chi connectivity index (χ1v) is 9.41. The van der Waals surface area contributed by atoms with Crippen LogP contribution in [0.5, 0.6) is 0 Å². The molecule has 0 aliphatic carbocycles. The van der Waals surface area contributed by atoms with Gasteiger partial charge in [-0.1, -0.05) is 28.9 Å². The summed E-state index contributed by atoms with van der Waals surface area (Å²) in [6.45, 7) is 0.694. The lowest BCUT2D eigenvalue weighted by molar-refractivity contribution is 0.0779. The molecule has 2 aromatic carbocycles. The zero-order valence-electron chi connectivity index (χ0n) is 14.7. The smallest absolute Gasteiger partial charge is 0.276 e. The highest BCUT2D eigenvalue weighted by molar-refractivity contribution is 7.00. The number of halogens is 2. The molecule has 0 saturated carbocycles. The van der Waals surface area contributed by atoms with E-state index in [0.717, 1.165) is 28.3 Å². The Morgan fingerprint density at radius 1 is 1.21 bits per heavy atom. The number of carbonyl (C=O) groups excluding carboxylic acids is 1. The quantitative estimate of drug-likeness (QED) is 0.498. The number of fused-ring (bicyclic) bond motifs is 1. The number of benzene rings is 2. The molecule has 142 valence electrons. The summed E-state index contributed by atoms with van der Waals surface area (Å²) in [5, 5.41) is 8.22. The van der Waals surface area contributed by atoms with Gasteiger partial charge < -0.3 is 4.90 Å². The highest BCUT2D eigenvalue weighted by Gasteiger charge is 2.17. The summed E-state index contributed by atoms with van der Waals surface area (Å²) in [5.74, 6) is -0.663. The molecule has 0 fully saturated rings. The van der Waals surface area contributed by atoms with Crippen LogP contribution in [0.4, 0.5) is 4.39 Å². The first-order valence-electron chi connectivity index (χ1n) is 8.30. The zero-order valence-corrected chi connectivity index (χ0v) is 16.3. The zero-order chi connectivity index (χ0) is 19.7. The Morgan fingerprint density at radius 3 is 2.86 bits per heavy atom. The summed E-state index contributed by atoms with van der Waals surface area (Å²) >= 11 is 7.19. The van der Waals surface area contributed by atoms with E-state index in [1.54, 1.807) is 24.2 Å². The molecular formula is C18H14ClFN6OS. The molecule has 0 atom stereocenters. The first-order chi connectivity index (χ1) is 13.5. The van der Waals surface area contributed by atoms with E-state index in [2.05, 4.69) is 19.1 Å². The molecule has 4 aromatic rings. The van der Waals surface area contributed by atoms with Crippen LogP contribution < -0.4 is 0 Å². The molecule has 0 radical (unpaired) electrons. The number of hydrogen-bond acceptors (Lipinski definition) is 6. The van der Waals surface area contributed by atoms with Gasteiger partial charge in [-0.2, -0.15) is 8.75 Å². The molecule has 0 unspecified atom stereocenters. The van der Waals surface area contributed by atoms with E-state index < -0.39 is 5.82 Å². The highest BCUT2D eigenvalue weighted by Crippen LogP contribution is 2.18. The van der Waals surface area contributed by atoms with Crippen molar-refractivity contribution >= 4 is 40.3 Å². The SMILES string of the molecule is CN(Cc1ccc2nsnc2c1)C(=O)c1cn(Cc2ccc(F)cc2Cl)nn1. The molecule has 1 amide bonds. The van der Waals surface area contributed by atoms with E-state index in [1.165, 1.54) is 16.8 Å². The standard InChI is InChI=1S/C18H14ClFN6OS/c1-25(8-11-2-5-15-16(6-11)23-28-22-15)18(27)17-10-26(24-21-17)9-12-3-4-13(20)7-14(12)19/h2-7,10H,8-9H2,1H3. The second-order valence-electron chi connectivity index (χ2n) is 6.29. The predicted octanol–water partition coefficient (Wildman–Crippen LogP) is 3.40. The summed E-state index contributed by atoms with van der Waals surface area (Å²) in [6, 6.07) is 9.86. The fourth-order valence-corrected chi connectivity index (χ4v) is 3.51. The van der Waals surface area contributed by atoms with Crippen molar-refractivity contribution in [3.63, 3.8) is 0 Å². The average Bonchev–Trinajstić information content (AvgIpc) is 3.32. The lowest BCUT2D eigenvalue weighted by Crippen LogP contribution is -2.26. The fraction of sp³-hybridized carbons (Fsp3) is 0.167. The van der Waals surface area contributed by atoms with Crippen LogP contribution in [0.15, 0.2) is 42.6 Å². The van der Waals surface area contributed by atoms with Crippen molar-refractivity contribution in [2.75, 3.05) is 7.05 Å². The van der Waals surface area contributed by atoms with Crippen molar-refractivity contribution in [3.8, 4) is 0 Å². The second kappa shape index (κ2) is 7.61.